The first-order valence-electron chi connectivity index (χ1n) is 6.32. The Hall–Kier alpha value is -1.91. The lowest BCUT2D eigenvalue weighted by Gasteiger charge is -2.25. The number of nitro benzene ring substituents is 1. The molecule has 0 amide bonds. The Morgan fingerprint density at radius 2 is 2.16 bits per heavy atom. The zero-order valence-corrected chi connectivity index (χ0v) is 11.0. The smallest absolute Gasteiger partial charge is 0.309 e. The van der Waals surface area contributed by atoms with Crippen molar-refractivity contribution in [2.75, 3.05) is 0 Å². The maximum absolute atomic E-state index is 11.5. The maximum atomic E-state index is 11.5. The lowest BCUT2D eigenvalue weighted by Crippen LogP contribution is -2.32. The fraction of sp³-hybridized carbons (Fsp3) is 0.500. The molecule has 0 spiro atoms. The van der Waals surface area contributed by atoms with Gasteiger partial charge in [-0.25, -0.2) is 0 Å². The lowest BCUT2D eigenvalue weighted by molar-refractivity contribution is -0.385. The van der Waals surface area contributed by atoms with E-state index >= 15 is 0 Å². The third kappa shape index (κ3) is 2.45. The molecular formula is C14H17NO4. The van der Waals surface area contributed by atoms with Gasteiger partial charge in [-0.05, 0) is 44.6 Å². The van der Waals surface area contributed by atoms with Crippen LogP contribution in [-0.2, 0) is 11.2 Å². The highest BCUT2D eigenvalue weighted by Crippen LogP contribution is 2.48. The molecule has 0 bridgehead atoms. The van der Waals surface area contributed by atoms with Crippen LogP contribution in [0.25, 0.3) is 0 Å². The molecule has 1 aromatic carbocycles. The molecule has 0 saturated heterocycles. The average molecular weight is 263 g/mol. The van der Waals surface area contributed by atoms with Gasteiger partial charge in [0.25, 0.3) is 5.69 Å². The number of hydrogen-bond donors (Lipinski definition) is 1. The van der Waals surface area contributed by atoms with Gasteiger partial charge in [0.2, 0.25) is 0 Å². The van der Waals surface area contributed by atoms with Crippen molar-refractivity contribution in [2.45, 2.75) is 33.1 Å². The molecule has 19 heavy (non-hydrogen) atoms. The standard InChI is InChI=1S/C14H17NO4/c1-9-10(4-3-5-12(9)15(18)19)8-14(2,13(16)17)11-6-7-11/h3-5,11H,6-8H2,1-2H3,(H,16,17). The Balaban J connectivity index is 2.35. The van der Waals surface area contributed by atoms with Crippen LogP contribution in [0.2, 0.25) is 0 Å². The van der Waals surface area contributed by atoms with Crippen LogP contribution in [0.1, 0.15) is 30.9 Å². The average Bonchev–Trinajstić information content (AvgIpc) is 3.15. The van der Waals surface area contributed by atoms with Crippen LogP contribution < -0.4 is 0 Å². The van der Waals surface area contributed by atoms with Crippen molar-refractivity contribution >= 4 is 11.7 Å². The molecule has 0 aliphatic heterocycles. The van der Waals surface area contributed by atoms with E-state index in [1.54, 1.807) is 26.0 Å². The Kier molecular flexibility index (Phi) is 3.30. The number of carbonyl (C=O) groups is 1. The third-order valence-electron chi connectivity index (χ3n) is 4.14. The number of benzene rings is 1. The number of carboxylic acid groups (broad SMARTS) is 1. The predicted molar refractivity (Wildman–Crippen MR) is 70.0 cm³/mol. The first kappa shape index (κ1) is 13.5. The maximum Gasteiger partial charge on any atom is 0.309 e. The summed E-state index contributed by atoms with van der Waals surface area (Å²) in [6.07, 6.45) is 2.20. The van der Waals surface area contributed by atoms with Crippen molar-refractivity contribution in [2.24, 2.45) is 11.3 Å². The fourth-order valence-corrected chi connectivity index (χ4v) is 2.57. The van der Waals surface area contributed by atoms with E-state index in [2.05, 4.69) is 0 Å². The zero-order valence-electron chi connectivity index (χ0n) is 11.0. The Labute approximate surface area is 111 Å². The summed E-state index contributed by atoms with van der Waals surface area (Å²) in [5.41, 5.74) is 0.563. The summed E-state index contributed by atoms with van der Waals surface area (Å²) in [4.78, 5) is 22.0. The molecular weight excluding hydrogens is 246 g/mol. The van der Waals surface area contributed by atoms with Gasteiger partial charge < -0.3 is 5.11 Å². The van der Waals surface area contributed by atoms with Crippen LogP contribution in [0.3, 0.4) is 0 Å². The largest absolute Gasteiger partial charge is 0.481 e. The number of aliphatic carboxylic acids is 1. The number of hydrogen-bond acceptors (Lipinski definition) is 3. The van der Waals surface area contributed by atoms with Gasteiger partial charge in [-0.15, -0.1) is 0 Å². The predicted octanol–water partition coefficient (Wildman–Crippen LogP) is 2.95. The van der Waals surface area contributed by atoms with E-state index in [0.717, 1.165) is 18.4 Å². The lowest BCUT2D eigenvalue weighted by atomic mass is 9.78. The van der Waals surface area contributed by atoms with Crippen molar-refractivity contribution in [3.63, 3.8) is 0 Å². The fourth-order valence-electron chi connectivity index (χ4n) is 2.57. The quantitative estimate of drug-likeness (QED) is 0.654. The summed E-state index contributed by atoms with van der Waals surface area (Å²) in [5, 5.41) is 20.3. The van der Waals surface area contributed by atoms with Gasteiger partial charge in [0, 0.05) is 11.6 Å². The molecule has 5 heteroatoms. The van der Waals surface area contributed by atoms with Crippen LogP contribution in [-0.4, -0.2) is 16.0 Å². The second-order valence-corrected chi connectivity index (χ2v) is 5.49. The zero-order chi connectivity index (χ0) is 14.2. The minimum Gasteiger partial charge on any atom is -0.481 e. The van der Waals surface area contributed by atoms with Crippen LogP contribution in [0.15, 0.2) is 18.2 Å². The van der Waals surface area contributed by atoms with Gasteiger partial charge >= 0.3 is 5.97 Å². The van der Waals surface area contributed by atoms with Gasteiger partial charge in [0.1, 0.15) is 0 Å². The number of nitrogens with zero attached hydrogens (tertiary/aromatic N) is 1. The summed E-state index contributed by atoms with van der Waals surface area (Å²) >= 11 is 0. The van der Waals surface area contributed by atoms with Gasteiger partial charge in [-0.1, -0.05) is 12.1 Å². The van der Waals surface area contributed by atoms with Gasteiger partial charge in [-0.2, -0.15) is 0 Å². The van der Waals surface area contributed by atoms with Crippen LogP contribution in [0.4, 0.5) is 5.69 Å². The molecule has 1 unspecified atom stereocenters. The Morgan fingerprint density at radius 3 is 2.63 bits per heavy atom. The summed E-state index contributed by atoms with van der Waals surface area (Å²) in [6.45, 7) is 3.42. The molecule has 1 aliphatic rings. The van der Waals surface area contributed by atoms with E-state index in [0.29, 0.717) is 12.0 Å². The Morgan fingerprint density at radius 1 is 1.53 bits per heavy atom. The van der Waals surface area contributed by atoms with Crippen molar-refractivity contribution in [3.05, 3.63) is 39.4 Å². The molecule has 1 aromatic rings. The summed E-state index contributed by atoms with van der Waals surface area (Å²) < 4.78 is 0. The second kappa shape index (κ2) is 4.64. The van der Waals surface area contributed by atoms with E-state index in [4.69, 9.17) is 0 Å². The summed E-state index contributed by atoms with van der Waals surface area (Å²) in [6, 6.07) is 4.86. The highest BCUT2D eigenvalue weighted by Gasteiger charge is 2.47. The van der Waals surface area contributed by atoms with E-state index in [1.807, 2.05) is 0 Å². The van der Waals surface area contributed by atoms with Crippen LogP contribution >= 0.6 is 0 Å². The molecule has 5 nitrogen and oxygen atoms in total. The van der Waals surface area contributed by atoms with Crippen LogP contribution in [0, 0.1) is 28.4 Å². The topological polar surface area (TPSA) is 80.4 Å². The van der Waals surface area contributed by atoms with Crippen molar-refractivity contribution in [1.29, 1.82) is 0 Å². The van der Waals surface area contributed by atoms with Crippen molar-refractivity contribution < 1.29 is 14.8 Å². The molecule has 1 atom stereocenters. The van der Waals surface area contributed by atoms with Gasteiger partial charge in [-0.3, -0.25) is 14.9 Å². The molecule has 1 N–H and O–H groups in total. The second-order valence-electron chi connectivity index (χ2n) is 5.49. The molecule has 2 rings (SSSR count). The first-order valence-corrected chi connectivity index (χ1v) is 6.32. The minimum atomic E-state index is -0.819. The molecule has 1 aliphatic carbocycles. The van der Waals surface area contributed by atoms with Crippen molar-refractivity contribution in [3.8, 4) is 0 Å². The van der Waals surface area contributed by atoms with Crippen LogP contribution in [0.5, 0.6) is 0 Å². The summed E-state index contributed by atoms with van der Waals surface area (Å²) in [7, 11) is 0. The number of rotatable bonds is 5. The SMILES string of the molecule is Cc1c(CC(C)(C(=O)O)C2CC2)cccc1[N+](=O)[O-]. The van der Waals surface area contributed by atoms with E-state index in [1.165, 1.54) is 6.07 Å². The van der Waals surface area contributed by atoms with Gasteiger partial charge in [0.15, 0.2) is 0 Å². The number of nitro groups is 1. The molecule has 0 heterocycles. The molecule has 0 aromatic heterocycles. The van der Waals surface area contributed by atoms with E-state index < -0.39 is 16.3 Å². The minimum absolute atomic E-state index is 0.0565. The molecule has 102 valence electrons. The molecule has 1 saturated carbocycles. The normalized spacial score (nSPS) is 17.8. The third-order valence-corrected chi connectivity index (χ3v) is 4.14. The highest BCUT2D eigenvalue weighted by atomic mass is 16.6. The molecule has 1 fully saturated rings. The highest BCUT2D eigenvalue weighted by molar-refractivity contribution is 5.75. The van der Waals surface area contributed by atoms with E-state index in [9.17, 15) is 20.0 Å². The number of carboxylic acids is 1. The first-order chi connectivity index (χ1) is 8.86. The monoisotopic (exact) mass is 263 g/mol. The van der Waals surface area contributed by atoms with Gasteiger partial charge in [0.05, 0.1) is 10.3 Å². The van der Waals surface area contributed by atoms with E-state index in [-0.39, 0.29) is 11.6 Å². The molecule has 0 radical (unpaired) electrons. The Bertz CT molecular complexity index is 536. The summed E-state index contributed by atoms with van der Waals surface area (Å²) in [5.74, 6) is -0.635. The van der Waals surface area contributed by atoms with Crippen molar-refractivity contribution in [1.82, 2.24) is 0 Å².